The highest BCUT2D eigenvalue weighted by Gasteiger charge is 2.18. The smallest absolute Gasteiger partial charge is 0.337 e. The number of carbonyl (C=O) groups is 2. The minimum Gasteiger partial charge on any atom is -0.467 e. The van der Waals surface area contributed by atoms with Crippen LogP contribution in [0.15, 0.2) is 44.3 Å². The summed E-state index contributed by atoms with van der Waals surface area (Å²) in [6.07, 6.45) is 1.29. The third kappa shape index (κ3) is 6.28. The van der Waals surface area contributed by atoms with Crippen molar-refractivity contribution in [3.8, 4) is 23.3 Å². The van der Waals surface area contributed by atoms with Gasteiger partial charge in [-0.2, -0.15) is 10.4 Å². The Balaban J connectivity index is 1.64. The molecule has 0 saturated carbocycles. The van der Waals surface area contributed by atoms with Gasteiger partial charge in [0.25, 0.3) is 5.91 Å². The standard InChI is InChI=1S/C24H20BrClN4O6/c1-13-22(25)18(11-33-2)17(9-27)23(29-13)35-12-21(31)30-28-10-15-5-7-20(36-15)16-8-14(24(32)34-3)4-6-19(16)26/h4-8,10H,11-12H2,1-3H3,(H,30,31)/b28-10-. The normalized spacial score (nSPS) is 10.8. The maximum atomic E-state index is 12.2. The number of methoxy groups -OCH3 is 2. The van der Waals surface area contributed by atoms with E-state index in [0.29, 0.717) is 43.4 Å². The van der Waals surface area contributed by atoms with Crippen molar-refractivity contribution >= 4 is 45.6 Å². The fourth-order valence-electron chi connectivity index (χ4n) is 3.07. The van der Waals surface area contributed by atoms with Crippen LogP contribution in [-0.4, -0.2) is 43.9 Å². The second kappa shape index (κ2) is 12.3. The monoisotopic (exact) mass is 574 g/mol. The molecule has 12 heteroatoms. The second-order valence-electron chi connectivity index (χ2n) is 7.18. The second-order valence-corrected chi connectivity index (χ2v) is 8.38. The number of ether oxygens (including phenoxy) is 3. The number of aromatic nitrogens is 1. The molecular formula is C24H20BrClN4O6. The molecule has 0 spiro atoms. The van der Waals surface area contributed by atoms with Crippen LogP contribution in [0.4, 0.5) is 0 Å². The van der Waals surface area contributed by atoms with Crippen molar-refractivity contribution in [1.29, 1.82) is 5.26 Å². The quantitative estimate of drug-likeness (QED) is 0.225. The molecule has 2 heterocycles. The molecule has 0 saturated heterocycles. The van der Waals surface area contributed by atoms with Gasteiger partial charge in [0.1, 0.15) is 23.2 Å². The molecule has 0 aliphatic heterocycles. The van der Waals surface area contributed by atoms with Crippen LogP contribution in [0.5, 0.6) is 5.88 Å². The zero-order valence-electron chi connectivity index (χ0n) is 19.4. The first-order valence-electron chi connectivity index (χ1n) is 10.3. The molecule has 0 radical (unpaired) electrons. The first-order valence-corrected chi connectivity index (χ1v) is 11.5. The average molecular weight is 576 g/mol. The zero-order chi connectivity index (χ0) is 26.2. The number of hydrogen-bond acceptors (Lipinski definition) is 9. The first kappa shape index (κ1) is 26.9. The van der Waals surface area contributed by atoms with Gasteiger partial charge in [0.2, 0.25) is 5.88 Å². The van der Waals surface area contributed by atoms with Gasteiger partial charge in [-0.3, -0.25) is 4.79 Å². The van der Waals surface area contributed by atoms with Crippen molar-refractivity contribution in [2.75, 3.05) is 20.8 Å². The van der Waals surface area contributed by atoms with Crippen molar-refractivity contribution < 1.29 is 28.2 Å². The van der Waals surface area contributed by atoms with Crippen molar-refractivity contribution in [3.63, 3.8) is 0 Å². The molecule has 3 rings (SSSR count). The minimum atomic E-state index is -0.577. The number of benzene rings is 1. The molecule has 186 valence electrons. The Hall–Kier alpha value is -3.72. The third-order valence-corrected chi connectivity index (χ3v) is 6.15. The molecule has 1 amide bonds. The molecule has 1 aromatic carbocycles. The molecule has 0 aliphatic carbocycles. The number of furan rings is 1. The summed E-state index contributed by atoms with van der Waals surface area (Å²) in [4.78, 5) is 28.2. The Morgan fingerprint density at radius 3 is 2.78 bits per heavy atom. The number of amides is 1. The molecule has 0 bridgehead atoms. The number of aryl methyl sites for hydroxylation is 1. The van der Waals surface area contributed by atoms with Crippen molar-refractivity contribution in [3.05, 3.63) is 68.0 Å². The van der Waals surface area contributed by atoms with Gasteiger partial charge in [0.15, 0.2) is 6.61 Å². The van der Waals surface area contributed by atoms with Gasteiger partial charge in [-0.05, 0) is 53.2 Å². The van der Waals surface area contributed by atoms with Crippen LogP contribution in [-0.2, 0) is 20.9 Å². The van der Waals surface area contributed by atoms with E-state index in [4.69, 9.17) is 30.2 Å². The van der Waals surface area contributed by atoms with Crippen LogP contribution in [0.2, 0.25) is 5.02 Å². The van der Waals surface area contributed by atoms with E-state index < -0.39 is 18.5 Å². The van der Waals surface area contributed by atoms with Crippen molar-refractivity contribution in [1.82, 2.24) is 10.4 Å². The van der Waals surface area contributed by atoms with Crippen molar-refractivity contribution in [2.45, 2.75) is 13.5 Å². The predicted molar refractivity (Wildman–Crippen MR) is 134 cm³/mol. The number of nitrogens with one attached hydrogen (secondary N) is 1. The summed E-state index contributed by atoms with van der Waals surface area (Å²) in [6.45, 7) is 1.48. The van der Waals surface area contributed by atoms with Crippen LogP contribution in [0.25, 0.3) is 11.3 Å². The number of hydrogen-bond donors (Lipinski definition) is 1. The molecule has 0 aliphatic rings. The summed E-state index contributed by atoms with van der Waals surface area (Å²) in [5.74, 6) is -0.338. The summed E-state index contributed by atoms with van der Waals surface area (Å²) in [7, 11) is 2.79. The lowest BCUT2D eigenvalue weighted by Crippen LogP contribution is -2.25. The number of pyridine rings is 1. The lowest BCUT2D eigenvalue weighted by atomic mass is 10.1. The van der Waals surface area contributed by atoms with Crippen LogP contribution >= 0.6 is 27.5 Å². The molecule has 2 aromatic heterocycles. The number of halogens is 2. The lowest BCUT2D eigenvalue weighted by Gasteiger charge is -2.13. The number of nitriles is 1. The summed E-state index contributed by atoms with van der Waals surface area (Å²) < 4.78 is 21.7. The number of esters is 1. The number of carbonyl (C=O) groups excluding carboxylic acids is 2. The topological polar surface area (TPSA) is 136 Å². The van der Waals surface area contributed by atoms with Gasteiger partial charge in [0, 0.05) is 22.7 Å². The van der Waals surface area contributed by atoms with Gasteiger partial charge >= 0.3 is 5.97 Å². The maximum Gasteiger partial charge on any atom is 0.337 e. The van der Waals surface area contributed by atoms with E-state index in [9.17, 15) is 14.9 Å². The highest BCUT2D eigenvalue weighted by atomic mass is 79.9. The summed E-state index contributed by atoms with van der Waals surface area (Å²) in [5, 5.41) is 13.7. The van der Waals surface area contributed by atoms with Gasteiger partial charge in [-0.25, -0.2) is 15.2 Å². The fraction of sp³-hybridized carbons (Fsp3) is 0.208. The van der Waals surface area contributed by atoms with Crippen LogP contribution in [0, 0.1) is 18.3 Å². The largest absolute Gasteiger partial charge is 0.467 e. The Morgan fingerprint density at radius 2 is 2.08 bits per heavy atom. The first-order chi connectivity index (χ1) is 17.3. The lowest BCUT2D eigenvalue weighted by molar-refractivity contribution is -0.123. The van der Waals surface area contributed by atoms with E-state index in [1.165, 1.54) is 20.4 Å². The van der Waals surface area contributed by atoms with E-state index >= 15 is 0 Å². The molecule has 10 nitrogen and oxygen atoms in total. The van der Waals surface area contributed by atoms with Gasteiger partial charge < -0.3 is 18.6 Å². The third-order valence-electron chi connectivity index (χ3n) is 4.77. The SMILES string of the molecule is COCc1c(Br)c(C)nc(OCC(=O)N/N=C\c2ccc(-c3cc(C(=O)OC)ccc3Cl)o2)c1C#N. The molecule has 1 N–H and O–H groups in total. The highest BCUT2D eigenvalue weighted by molar-refractivity contribution is 9.10. The van der Waals surface area contributed by atoms with E-state index in [1.807, 2.05) is 6.07 Å². The van der Waals surface area contributed by atoms with E-state index in [-0.39, 0.29) is 18.1 Å². The van der Waals surface area contributed by atoms with Crippen molar-refractivity contribution in [2.24, 2.45) is 5.10 Å². The van der Waals surface area contributed by atoms with Crippen LogP contribution < -0.4 is 10.2 Å². The zero-order valence-corrected chi connectivity index (χ0v) is 21.8. The molecule has 0 fully saturated rings. The highest BCUT2D eigenvalue weighted by Crippen LogP contribution is 2.31. The molecule has 0 unspecified atom stereocenters. The van der Waals surface area contributed by atoms with Gasteiger partial charge in [-0.1, -0.05) is 11.6 Å². The van der Waals surface area contributed by atoms with E-state index in [0.717, 1.165) is 0 Å². The number of hydrazone groups is 1. The Bertz CT molecular complexity index is 1370. The van der Waals surface area contributed by atoms with E-state index in [2.05, 4.69) is 31.4 Å². The van der Waals surface area contributed by atoms with Crippen LogP contribution in [0.1, 0.15) is 32.9 Å². The summed E-state index contributed by atoms with van der Waals surface area (Å²) >= 11 is 9.63. The predicted octanol–water partition coefficient (Wildman–Crippen LogP) is 4.40. The maximum absolute atomic E-state index is 12.2. The van der Waals surface area contributed by atoms with E-state index in [1.54, 1.807) is 37.3 Å². The Morgan fingerprint density at radius 1 is 1.31 bits per heavy atom. The molecular weight excluding hydrogens is 556 g/mol. The molecule has 3 aromatic rings. The minimum absolute atomic E-state index is 0.0196. The number of rotatable bonds is 9. The Kier molecular flexibility index (Phi) is 9.19. The fourth-order valence-corrected chi connectivity index (χ4v) is 3.69. The van der Waals surface area contributed by atoms with Gasteiger partial charge in [0.05, 0.1) is 36.2 Å². The Labute approximate surface area is 219 Å². The van der Waals surface area contributed by atoms with Crippen LogP contribution in [0.3, 0.4) is 0 Å². The molecule has 0 atom stereocenters. The summed E-state index contributed by atoms with van der Waals surface area (Å²) in [6, 6.07) is 9.97. The number of nitrogens with zero attached hydrogens (tertiary/aromatic N) is 3. The average Bonchev–Trinajstić information content (AvgIpc) is 3.34. The summed E-state index contributed by atoms with van der Waals surface area (Å²) in [5.41, 5.74) is 4.45. The molecule has 36 heavy (non-hydrogen) atoms. The van der Waals surface area contributed by atoms with Gasteiger partial charge in [-0.15, -0.1) is 0 Å².